The van der Waals surface area contributed by atoms with Crippen molar-refractivity contribution in [1.29, 1.82) is 0 Å². The van der Waals surface area contributed by atoms with Crippen LogP contribution >= 0.6 is 0 Å². The Morgan fingerprint density at radius 1 is 1.38 bits per heavy atom. The van der Waals surface area contributed by atoms with Crippen LogP contribution in [0.15, 0.2) is 29.3 Å². The van der Waals surface area contributed by atoms with E-state index in [0.29, 0.717) is 48.8 Å². The van der Waals surface area contributed by atoms with Crippen LogP contribution in [0.3, 0.4) is 0 Å². The number of hydrogen-bond donors (Lipinski definition) is 2. The van der Waals surface area contributed by atoms with E-state index in [-0.39, 0.29) is 18.2 Å². The molecule has 3 heterocycles. The van der Waals surface area contributed by atoms with Gasteiger partial charge in [0.1, 0.15) is 18.0 Å². The van der Waals surface area contributed by atoms with Crippen molar-refractivity contribution in [3.8, 4) is 17.1 Å². The average Bonchev–Trinajstić information content (AvgIpc) is 3.22. The number of aryl methyl sites for hydroxylation is 1. The lowest BCUT2D eigenvalue weighted by atomic mass is 9.99. The molecule has 1 amide bonds. The average molecular weight is 442 g/mol. The van der Waals surface area contributed by atoms with E-state index in [1.807, 2.05) is 0 Å². The molecule has 0 bridgehead atoms. The van der Waals surface area contributed by atoms with Crippen LogP contribution < -0.4 is 5.56 Å². The fraction of sp³-hybridized carbons (Fsp3) is 0.381. The summed E-state index contributed by atoms with van der Waals surface area (Å²) in [5, 5.41) is 14.2. The normalized spacial score (nSPS) is 14.5. The number of hydrogen-bond acceptors (Lipinski definition) is 7. The molecule has 0 aliphatic carbocycles. The fourth-order valence-electron chi connectivity index (χ4n) is 3.74. The Hall–Kier alpha value is -3.60. The number of carbonyl (C=O) groups is 1. The summed E-state index contributed by atoms with van der Waals surface area (Å²) in [4.78, 5) is 37.7. The number of rotatable bonds is 5. The number of carbonyl (C=O) groups excluding carboxylic acids is 1. The van der Waals surface area contributed by atoms with Gasteiger partial charge in [-0.1, -0.05) is 6.07 Å². The maximum Gasteiger partial charge on any atom is 0.293 e. The second kappa shape index (κ2) is 8.87. The monoisotopic (exact) mass is 442 g/mol. The number of aromatic hydroxyl groups is 1. The van der Waals surface area contributed by atoms with E-state index in [1.54, 1.807) is 13.1 Å². The molecule has 10 nitrogen and oxygen atoms in total. The summed E-state index contributed by atoms with van der Waals surface area (Å²) in [6.45, 7) is 1.14. The zero-order valence-electron chi connectivity index (χ0n) is 17.7. The van der Waals surface area contributed by atoms with Crippen LogP contribution in [0.2, 0.25) is 0 Å². The van der Waals surface area contributed by atoms with Gasteiger partial charge in [-0.25, -0.2) is 19.0 Å². The van der Waals surface area contributed by atoms with Crippen molar-refractivity contribution in [3.05, 3.63) is 57.8 Å². The summed E-state index contributed by atoms with van der Waals surface area (Å²) in [7, 11) is 3.20. The molecule has 11 heteroatoms. The van der Waals surface area contributed by atoms with Crippen molar-refractivity contribution < 1.29 is 19.0 Å². The molecule has 0 atom stereocenters. The third-order valence-electron chi connectivity index (χ3n) is 5.50. The van der Waals surface area contributed by atoms with E-state index in [0.717, 1.165) is 0 Å². The van der Waals surface area contributed by atoms with Crippen molar-refractivity contribution in [1.82, 2.24) is 29.6 Å². The van der Waals surface area contributed by atoms with Crippen molar-refractivity contribution in [2.24, 2.45) is 7.05 Å². The molecule has 1 aliphatic heterocycles. The van der Waals surface area contributed by atoms with Gasteiger partial charge in [-0.2, -0.15) is 5.10 Å². The quantitative estimate of drug-likeness (QED) is 0.614. The molecule has 0 saturated carbocycles. The fourth-order valence-corrected chi connectivity index (χ4v) is 3.74. The maximum atomic E-state index is 13.9. The minimum atomic E-state index is -0.764. The number of nitrogens with one attached hydrogen (secondary N) is 1. The van der Waals surface area contributed by atoms with Gasteiger partial charge < -0.3 is 19.7 Å². The number of halogens is 1. The lowest BCUT2D eigenvalue weighted by Gasteiger charge is -2.23. The van der Waals surface area contributed by atoms with Gasteiger partial charge in [0.05, 0.1) is 0 Å². The third kappa shape index (κ3) is 4.24. The van der Waals surface area contributed by atoms with Crippen LogP contribution in [-0.4, -0.2) is 60.9 Å². The molecule has 0 radical (unpaired) electrons. The van der Waals surface area contributed by atoms with Crippen LogP contribution in [0.25, 0.3) is 11.4 Å². The Balaban J connectivity index is 1.64. The largest absolute Gasteiger partial charge is 0.501 e. The molecule has 2 N–H and O–H groups in total. The molecular formula is C21H23FN6O4. The van der Waals surface area contributed by atoms with Crippen molar-refractivity contribution in [2.75, 3.05) is 20.3 Å². The predicted octanol–water partition coefficient (Wildman–Crippen LogP) is 1.58. The first kappa shape index (κ1) is 21.6. The Morgan fingerprint density at radius 3 is 2.81 bits per heavy atom. The summed E-state index contributed by atoms with van der Waals surface area (Å²) in [5.41, 5.74) is 0.0165. The van der Waals surface area contributed by atoms with Crippen LogP contribution in [0.1, 0.15) is 40.6 Å². The molecule has 0 spiro atoms. The van der Waals surface area contributed by atoms with Gasteiger partial charge in [-0.3, -0.25) is 9.59 Å². The number of aromatic nitrogens is 5. The topological polar surface area (TPSA) is 126 Å². The molecule has 1 aromatic carbocycles. The molecule has 168 valence electrons. The van der Waals surface area contributed by atoms with E-state index >= 15 is 0 Å². The summed E-state index contributed by atoms with van der Waals surface area (Å²) in [6.07, 6.45) is 2.68. The first-order valence-electron chi connectivity index (χ1n) is 10.1. The summed E-state index contributed by atoms with van der Waals surface area (Å²) in [5.74, 6) is -1.07. The minimum Gasteiger partial charge on any atom is -0.501 e. The van der Waals surface area contributed by atoms with Crippen LogP contribution in [0.4, 0.5) is 4.39 Å². The van der Waals surface area contributed by atoms with Gasteiger partial charge in [0, 0.05) is 45.3 Å². The highest BCUT2D eigenvalue weighted by atomic mass is 19.1. The zero-order valence-corrected chi connectivity index (χ0v) is 17.7. The second-order valence-corrected chi connectivity index (χ2v) is 7.70. The van der Waals surface area contributed by atoms with E-state index < -0.39 is 23.0 Å². The number of nitrogens with zero attached hydrogens (tertiary/aromatic N) is 5. The van der Waals surface area contributed by atoms with Crippen LogP contribution in [0.5, 0.6) is 5.75 Å². The summed E-state index contributed by atoms with van der Waals surface area (Å²) in [6, 6.07) is 4.17. The van der Waals surface area contributed by atoms with Gasteiger partial charge in [-0.05, 0) is 30.5 Å². The maximum absolute atomic E-state index is 13.9. The Morgan fingerprint density at radius 2 is 2.12 bits per heavy atom. The van der Waals surface area contributed by atoms with Gasteiger partial charge >= 0.3 is 0 Å². The van der Waals surface area contributed by atoms with Crippen molar-refractivity contribution in [3.63, 3.8) is 0 Å². The second-order valence-electron chi connectivity index (χ2n) is 7.70. The van der Waals surface area contributed by atoms with Crippen LogP contribution in [0, 0.1) is 5.82 Å². The first-order valence-corrected chi connectivity index (χ1v) is 10.1. The number of benzene rings is 1. The molecule has 1 aliphatic rings. The molecule has 4 rings (SSSR count). The highest BCUT2D eigenvalue weighted by Gasteiger charge is 2.26. The lowest BCUT2D eigenvalue weighted by molar-refractivity contribution is 0.0770. The Bertz CT molecular complexity index is 1200. The smallest absolute Gasteiger partial charge is 0.293 e. The highest BCUT2D eigenvalue weighted by Crippen LogP contribution is 2.26. The molecular weight excluding hydrogens is 419 g/mol. The SMILES string of the molecule is CN(Cc1ccc(F)cc1-c1ncnn1C)C(=O)c1nc(C2CCOCC2)[nH]c(=O)c1O. The number of ether oxygens (including phenoxy) is 1. The number of aromatic amines is 1. The van der Waals surface area contributed by atoms with Crippen molar-refractivity contribution in [2.45, 2.75) is 25.3 Å². The van der Waals surface area contributed by atoms with Gasteiger partial charge in [0.15, 0.2) is 11.5 Å². The molecule has 2 aromatic heterocycles. The Kier molecular flexibility index (Phi) is 5.99. The third-order valence-corrected chi connectivity index (χ3v) is 5.50. The first-order chi connectivity index (χ1) is 15.3. The predicted molar refractivity (Wildman–Crippen MR) is 112 cm³/mol. The number of H-pyrrole nitrogens is 1. The standard InChI is InChI=1S/C21H23FN6O4/c1-27(10-13-3-4-14(22)9-15(13)19-23-11-24-28(19)2)21(31)16-17(29)20(30)26-18(25-16)12-5-7-32-8-6-12/h3-4,9,11-12,29H,5-8,10H2,1-2H3,(H,25,26,30). The molecule has 0 unspecified atom stereocenters. The summed E-state index contributed by atoms with van der Waals surface area (Å²) < 4.78 is 20.8. The molecule has 3 aromatic rings. The highest BCUT2D eigenvalue weighted by molar-refractivity contribution is 5.94. The lowest BCUT2D eigenvalue weighted by Crippen LogP contribution is -2.30. The van der Waals surface area contributed by atoms with E-state index in [2.05, 4.69) is 20.1 Å². The molecule has 32 heavy (non-hydrogen) atoms. The van der Waals surface area contributed by atoms with Crippen LogP contribution in [-0.2, 0) is 18.3 Å². The van der Waals surface area contributed by atoms with E-state index in [9.17, 15) is 19.1 Å². The zero-order chi connectivity index (χ0) is 22.8. The van der Waals surface area contributed by atoms with Gasteiger partial charge in [-0.15, -0.1) is 0 Å². The summed E-state index contributed by atoms with van der Waals surface area (Å²) >= 11 is 0. The molecule has 1 fully saturated rings. The van der Waals surface area contributed by atoms with Gasteiger partial charge in [0.2, 0.25) is 5.75 Å². The van der Waals surface area contributed by atoms with E-state index in [1.165, 1.54) is 35.1 Å². The van der Waals surface area contributed by atoms with Gasteiger partial charge in [0.25, 0.3) is 11.5 Å². The van der Waals surface area contributed by atoms with E-state index in [4.69, 9.17) is 4.74 Å². The van der Waals surface area contributed by atoms with Crippen molar-refractivity contribution >= 4 is 5.91 Å². The number of amides is 1. The minimum absolute atomic E-state index is 0.0616. The Labute approximate surface area is 182 Å². The molecule has 1 saturated heterocycles.